The minimum absolute atomic E-state index is 0.422. The number of aromatic nitrogens is 2. The van der Waals surface area contributed by atoms with Gasteiger partial charge < -0.3 is 15.6 Å². The molecule has 0 aliphatic rings. The van der Waals surface area contributed by atoms with E-state index in [9.17, 15) is 4.79 Å². The number of carbonyl (C=O) groups is 1. The molecule has 0 aliphatic heterocycles. The highest BCUT2D eigenvalue weighted by atomic mass is 35.5. The van der Waals surface area contributed by atoms with E-state index in [1.165, 1.54) is 0 Å². The molecule has 0 radical (unpaired) electrons. The molecule has 5 nitrogen and oxygen atoms in total. The molecule has 0 bridgehead atoms. The molecule has 0 saturated heterocycles. The number of primary amides is 1. The first-order valence-corrected chi connectivity index (χ1v) is 6.33. The van der Waals surface area contributed by atoms with Gasteiger partial charge in [0.2, 0.25) is 5.91 Å². The summed E-state index contributed by atoms with van der Waals surface area (Å²) in [6.07, 6.45) is 3.67. The highest BCUT2D eigenvalue weighted by Crippen LogP contribution is 2.23. The van der Waals surface area contributed by atoms with Crippen LogP contribution in [0, 0.1) is 0 Å². The van der Waals surface area contributed by atoms with Crippen LogP contribution in [0.15, 0.2) is 30.6 Å². The fraction of sp³-hybridized carbons (Fsp3) is 0.231. The molecule has 19 heavy (non-hydrogen) atoms. The topological polar surface area (TPSA) is 72.9 Å². The summed E-state index contributed by atoms with van der Waals surface area (Å²) >= 11 is 6.07. The Balaban J connectivity index is 2.15. The summed E-state index contributed by atoms with van der Waals surface area (Å²) < 4.78 is 2.03. The lowest BCUT2D eigenvalue weighted by atomic mass is 10.2. The van der Waals surface area contributed by atoms with Gasteiger partial charge in [0, 0.05) is 24.5 Å². The van der Waals surface area contributed by atoms with E-state index in [0.29, 0.717) is 22.8 Å². The summed E-state index contributed by atoms with van der Waals surface area (Å²) in [5.41, 5.74) is 6.33. The molecular weight excluding hydrogens is 264 g/mol. The van der Waals surface area contributed by atoms with Crippen LogP contribution < -0.4 is 11.1 Å². The van der Waals surface area contributed by atoms with Crippen molar-refractivity contribution >= 4 is 23.2 Å². The van der Waals surface area contributed by atoms with Crippen LogP contribution in [0.2, 0.25) is 5.02 Å². The number of anilines is 1. The predicted octanol–water partition coefficient (Wildman–Crippen LogP) is 2.27. The summed E-state index contributed by atoms with van der Waals surface area (Å²) in [5.74, 6) is 0.429. The van der Waals surface area contributed by atoms with Crippen LogP contribution in [0.1, 0.15) is 23.1 Å². The first kappa shape index (κ1) is 13.4. The lowest BCUT2D eigenvalue weighted by Gasteiger charge is -2.10. The maximum atomic E-state index is 11.1. The molecule has 1 amide bonds. The van der Waals surface area contributed by atoms with E-state index in [-0.39, 0.29) is 0 Å². The summed E-state index contributed by atoms with van der Waals surface area (Å²) in [5, 5.41) is 3.70. The number of rotatable bonds is 5. The van der Waals surface area contributed by atoms with Crippen LogP contribution in [0.3, 0.4) is 0 Å². The second-order valence-corrected chi connectivity index (χ2v) is 4.45. The van der Waals surface area contributed by atoms with Crippen molar-refractivity contribution in [2.75, 3.05) is 5.32 Å². The van der Waals surface area contributed by atoms with E-state index in [2.05, 4.69) is 10.3 Å². The van der Waals surface area contributed by atoms with Crippen molar-refractivity contribution in [3.63, 3.8) is 0 Å². The van der Waals surface area contributed by atoms with Gasteiger partial charge in [0.1, 0.15) is 5.82 Å². The lowest BCUT2D eigenvalue weighted by molar-refractivity contribution is 0.100. The number of nitrogens with one attached hydrogen (secondary N) is 1. The average Bonchev–Trinajstić information content (AvgIpc) is 2.85. The third kappa shape index (κ3) is 3.06. The van der Waals surface area contributed by atoms with Crippen LogP contribution in [0.25, 0.3) is 0 Å². The predicted molar refractivity (Wildman–Crippen MR) is 75.2 cm³/mol. The molecule has 2 aromatic rings. The Morgan fingerprint density at radius 3 is 3.00 bits per heavy atom. The van der Waals surface area contributed by atoms with E-state index in [1.807, 2.05) is 17.7 Å². The van der Waals surface area contributed by atoms with Gasteiger partial charge in [-0.3, -0.25) is 4.79 Å². The molecule has 0 saturated carbocycles. The first-order chi connectivity index (χ1) is 9.11. The van der Waals surface area contributed by atoms with Crippen molar-refractivity contribution in [3.8, 4) is 0 Å². The second kappa shape index (κ2) is 5.75. The minimum atomic E-state index is -0.477. The molecule has 1 aromatic carbocycles. The van der Waals surface area contributed by atoms with E-state index in [0.717, 1.165) is 12.4 Å². The highest BCUT2D eigenvalue weighted by Gasteiger charge is 2.07. The number of nitrogens with two attached hydrogens (primary N) is 1. The third-order valence-electron chi connectivity index (χ3n) is 2.83. The molecule has 2 rings (SSSR count). The zero-order chi connectivity index (χ0) is 13.8. The fourth-order valence-corrected chi connectivity index (χ4v) is 1.97. The van der Waals surface area contributed by atoms with Gasteiger partial charge in [-0.15, -0.1) is 0 Å². The van der Waals surface area contributed by atoms with Crippen LogP contribution >= 0.6 is 11.6 Å². The molecule has 1 aromatic heterocycles. The summed E-state index contributed by atoms with van der Waals surface area (Å²) in [4.78, 5) is 15.4. The quantitative estimate of drug-likeness (QED) is 0.881. The highest BCUT2D eigenvalue weighted by molar-refractivity contribution is 6.33. The normalized spacial score (nSPS) is 10.4. The van der Waals surface area contributed by atoms with E-state index < -0.39 is 5.91 Å². The molecule has 0 atom stereocenters. The van der Waals surface area contributed by atoms with Crippen molar-refractivity contribution in [2.24, 2.45) is 5.73 Å². The molecule has 1 heterocycles. The van der Waals surface area contributed by atoms with Gasteiger partial charge in [-0.1, -0.05) is 11.6 Å². The van der Waals surface area contributed by atoms with Gasteiger partial charge in [-0.2, -0.15) is 0 Å². The number of nitrogens with zero attached hydrogens (tertiary/aromatic N) is 2. The maximum Gasteiger partial charge on any atom is 0.248 e. The smallest absolute Gasteiger partial charge is 0.248 e. The number of amides is 1. The monoisotopic (exact) mass is 278 g/mol. The van der Waals surface area contributed by atoms with Gasteiger partial charge in [0.05, 0.1) is 17.3 Å². The average molecular weight is 279 g/mol. The zero-order valence-electron chi connectivity index (χ0n) is 10.6. The summed E-state index contributed by atoms with van der Waals surface area (Å²) in [6.45, 7) is 3.43. The zero-order valence-corrected chi connectivity index (χ0v) is 11.3. The Hall–Kier alpha value is -2.01. The number of halogens is 1. The largest absolute Gasteiger partial charge is 0.377 e. The number of hydrogen-bond acceptors (Lipinski definition) is 3. The third-order valence-corrected chi connectivity index (χ3v) is 3.16. The SMILES string of the molecule is CCn1ccnc1CNc1cc(C(N)=O)ccc1Cl. The van der Waals surface area contributed by atoms with Gasteiger partial charge >= 0.3 is 0 Å². The minimum Gasteiger partial charge on any atom is -0.377 e. The Morgan fingerprint density at radius 2 is 2.32 bits per heavy atom. The first-order valence-electron chi connectivity index (χ1n) is 5.95. The molecule has 3 N–H and O–H groups in total. The van der Waals surface area contributed by atoms with Crippen molar-refractivity contribution in [2.45, 2.75) is 20.0 Å². The van der Waals surface area contributed by atoms with Gasteiger partial charge in [0.25, 0.3) is 0 Å². The molecule has 6 heteroatoms. The molecular formula is C13H15ClN4O. The summed E-state index contributed by atoms with van der Waals surface area (Å²) in [6, 6.07) is 4.89. The Labute approximate surface area is 116 Å². The van der Waals surface area contributed by atoms with Crippen LogP contribution in [-0.2, 0) is 13.1 Å². The van der Waals surface area contributed by atoms with Crippen molar-refractivity contribution in [1.29, 1.82) is 0 Å². The fourth-order valence-electron chi connectivity index (χ4n) is 1.78. The molecule has 0 fully saturated rings. The van der Waals surface area contributed by atoms with Gasteiger partial charge in [-0.05, 0) is 25.1 Å². The second-order valence-electron chi connectivity index (χ2n) is 4.04. The Bertz CT molecular complexity index is 594. The van der Waals surface area contributed by atoms with Gasteiger partial charge in [-0.25, -0.2) is 4.98 Å². The molecule has 0 aliphatic carbocycles. The Morgan fingerprint density at radius 1 is 1.53 bits per heavy atom. The van der Waals surface area contributed by atoms with E-state index in [4.69, 9.17) is 17.3 Å². The number of imidazole rings is 1. The van der Waals surface area contributed by atoms with Crippen molar-refractivity contribution in [3.05, 3.63) is 47.0 Å². The van der Waals surface area contributed by atoms with Crippen molar-refractivity contribution in [1.82, 2.24) is 9.55 Å². The van der Waals surface area contributed by atoms with Crippen LogP contribution in [0.4, 0.5) is 5.69 Å². The molecule has 0 spiro atoms. The molecule has 100 valence electrons. The van der Waals surface area contributed by atoms with Crippen molar-refractivity contribution < 1.29 is 4.79 Å². The number of benzene rings is 1. The van der Waals surface area contributed by atoms with Crippen LogP contribution in [0.5, 0.6) is 0 Å². The lowest BCUT2D eigenvalue weighted by Crippen LogP contribution is -2.12. The van der Waals surface area contributed by atoms with E-state index >= 15 is 0 Å². The van der Waals surface area contributed by atoms with Crippen LogP contribution in [-0.4, -0.2) is 15.5 Å². The van der Waals surface area contributed by atoms with E-state index in [1.54, 1.807) is 24.4 Å². The number of hydrogen-bond donors (Lipinski definition) is 2. The number of carbonyl (C=O) groups excluding carboxylic acids is 1. The van der Waals surface area contributed by atoms with Gasteiger partial charge in [0.15, 0.2) is 0 Å². The maximum absolute atomic E-state index is 11.1. The standard InChI is InChI=1S/C13H15ClN4O/c1-2-18-6-5-16-12(18)8-17-11-7-9(13(15)19)3-4-10(11)14/h3-7,17H,2,8H2,1H3,(H2,15,19). The molecule has 0 unspecified atom stereocenters. The number of aryl methyl sites for hydroxylation is 1. The Kier molecular flexibility index (Phi) is 4.06. The summed E-state index contributed by atoms with van der Waals surface area (Å²) in [7, 11) is 0.